The van der Waals surface area contributed by atoms with Crippen molar-refractivity contribution in [1.29, 1.82) is 0 Å². The molecule has 0 fully saturated rings. The molecule has 2 aromatic rings. The summed E-state index contributed by atoms with van der Waals surface area (Å²) in [6.45, 7) is 8.90. The Morgan fingerprint density at radius 3 is 2.00 bits per heavy atom. The van der Waals surface area contributed by atoms with Gasteiger partial charge in [0.05, 0.1) is 0 Å². The normalized spacial score (nSPS) is 13.2. The number of hydrogen-bond donors (Lipinski definition) is 0. The monoisotopic (exact) mass is 532 g/mol. The zero-order valence-electron chi connectivity index (χ0n) is 19.9. The minimum atomic E-state index is -2.58. The second kappa shape index (κ2) is 13.8. The van der Waals surface area contributed by atoms with E-state index in [2.05, 4.69) is 49.1 Å². The maximum atomic E-state index is 12.6. The van der Waals surface area contributed by atoms with Crippen LogP contribution in [0.25, 0.3) is 5.57 Å². The van der Waals surface area contributed by atoms with E-state index in [1.165, 1.54) is 69.2 Å². The third-order valence-corrected chi connectivity index (χ3v) is 20.3. The van der Waals surface area contributed by atoms with E-state index in [9.17, 15) is 4.79 Å². The van der Waals surface area contributed by atoms with Crippen molar-refractivity contribution in [2.75, 3.05) is 0 Å². The average Bonchev–Trinajstić information content (AvgIpc) is 3.34. The molecule has 0 saturated carbocycles. The fraction of sp³-hybridized carbons (Fsp3) is 0.519. The molecule has 0 aliphatic carbocycles. The summed E-state index contributed by atoms with van der Waals surface area (Å²) in [5, 5.41) is 0. The van der Waals surface area contributed by atoms with Crippen LogP contribution in [0.5, 0.6) is 0 Å². The van der Waals surface area contributed by atoms with Gasteiger partial charge in [-0.3, -0.25) is 0 Å². The summed E-state index contributed by atoms with van der Waals surface area (Å²) < 4.78 is 18.0. The third-order valence-electron chi connectivity index (χ3n) is 6.10. The Hall–Kier alpha value is -1.49. The molecule has 4 heteroatoms. The SMILES string of the molecule is CCC[CH2][Sn](/[CH]=C(\c1ccccc1)C(C)OC(=O)c1ccco1)([CH2]CCC)[CH2]CCC. The van der Waals surface area contributed by atoms with Gasteiger partial charge in [0.2, 0.25) is 0 Å². The van der Waals surface area contributed by atoms with Gasteiger partial charge in [-0.1, -0.05) is 0 Å². The van der Waals surface area contributed by atoms with E-state index in [1.807, 2.05) is 13.0 Å². The third kappa shape index (κ3) is 8.17. The predicted molar refractivity (Wildman–Crippen MR) is 133 cm³/mol. The first-order valence-corrected chi connectivity index (χ1v) is 19.8. The van der Waals surface area contributed by atoms with Crippen LogP contribution in [0.1, 0.15) is 82.3 Å². The summed E-state index contributed by atoms with van der Waals surface area (Å²) in [6.07, 6.45) is 8.86. The topological polar surface area (TPSA) is 39.4 Å². The molecular weight excluding hydrogens is 491 g/mol. The van der Waals surface area contributed by atoms with E-state index >= 15 is 0 Å². The summed E-state index contributed by atoms with van der Waals surface area (Å²) in [5.74, 6) is -0.132. The molecule has 0 aliphatic rings. The van der Waals surface area contributed by atoms with Crippen molar-refractivity contribution in [3.63, 3.8) is 0 Å². The van der Waals surface area contributed by atoms with Crippen molar-refractivity contribution in [3.05, 3.63) is 64.1 Å². The molecule has 170 valence electrons. The van der Waals surface area contributed by atoms with Crippen LogP contribution < -0.4 is 0 Å². The van der Waals surface area contributed by atoms with E-state index in [0.29, 0.717) is 0 Å². The van der Waals surface area contributed by atoms with Crippen LogP contribution in [0, 0.1) is 0 Å². The maximum absolute atomic E-state index is 12.6. The van der Waals surface area contributed by atoms with Gasteiger partial charge in [0.1, 0.15) is 0 Å². The van der Waals surface area contributed by atoms with Crippen LogP contribution in [-0.4, -0.2) is 30.5 Å². The summed E-state index contributed by atoms with van der Waals surface area (Å²) in [7, 11) is 0. The van der Waals surface area contributed by atoms with Crippen LogP contribution >= 0.6 is 0 Å². The van der Waals surface area contributed by atoms with Crippen LogP contribution in [0.4, 0.5) is 0 Å². The molecule has 2 rings (SSSR count). The van der Waals surface area contributed by atoms with E-state index in [0.717, 1.165) is 0 Å². The van der Waals surface area contributed by atoms with Crippen molar-refractivity contribution in [2.45, 2.75) is 85.6 Å². The summed E-state index contributed by atoms with van der Waals surface area (Å²) >= 11 is -2.58. The molecule has 1 aromatic heterocycles. The van der Waals surface area contributed by atoms with Crippen molar-refractivity contribution in [2.24, 2.45) is 0 Å². The Kier molecular flexibility index (Phi) is 11.5. The van der Waals surface area contributed by atoms with Gasteiger partial charge in [-0.05, 0) is 0 Å². The Bertz CT molecular complexity index is 758. The predicted octanol–water partition coefficient (Wildman–Crippen LogP) is 8.30. The Balaban J connectivity index is 2.44. The number of hydrogen-bond acceptors (Lipinski definition) is 3. The summed E-state index contributed by atoms with van der Waals surface area (Å²) in [5.41, 5.74) is 2.37. The van der Waals surface area contributed by atoms with Crippen LogP contribution in [0.3, 0.4) is 0 Å². The fourth-order valence-electron chi connectivity index (χ4n) is 4.25. The van der Waals surface area contributed by atoms with Crippen molar-refractivity contribution >= 4 is 29.9 Å². The standard InChI is InChI=1S/C15H13O3.3C4H9.Sn/c1-11(13-7-4-3-5-8-13)12(2)18-15(16)14-9-6-10-17-14;3*1-3-4-2;/h1,3-10,12H,2H3;3*1,3-4H2,2H3;. The molecule has 0 amide bonds. The molecule has 0 spiro atoms. The number of ether oxygens (including phenoxy) is 1. The number of rotatable bonds is 14. The Morgan fingerprint density at radius 1 is 0.935 bits per heavy atom. The van der Waals surface area contributed by atoms with Crippen LogP contribution in [0.2, 0.25) is 13.3 Å². The molecule has 1 heterocycles. The molecule has 1 aromatic carbocycles. The molecule has 1 atom stereocenters. The first-order valence-electron chi connectivity index (χ1n) is 12.1. The van der Waals surface area contributed by atoms with Gasteiger partial charge in [-0.25, -0.2) is 0 Å². The first-order chi connectivity index (χ1) is 15.0. The molecule has 0 saturated heterocycles. The molecular formula is C27H40O3Sn. The zero-order chi connectivity index (χ0) is 22.5. The van der Waals surface area contributed by atoms with Gasteiger partial charge < -0.3 is 0 Å². The molecule has 0 bridgehead atoms. The molecule has 0 radical (unpaired) electrons. The van der Waals surface area contributed by atoms with Crippen LogP contribution in [-0.2, 0) is 4.74 Å². The van der Waals surface area contributed by atoms with E-state index < -0.39 is 24.3 Å². The van der Waals surface area contributed by atoms with Gasteiger partial charge in [0.25, 0.3) is 0 Å². The Labute approximate surface area is 193 Å². The van der Waals surface area contributed by atoms with Gasteiger partial charge in [-0.2, -0.15) is 0 Å². The van der Waals surface area contributed by atoms with Crippen molar-refractivity contribution < 1.29 is 13.9 Å². The minimum absolute atomic E-state index is 0.261. The van der Waals surface area contributed by atoms with E-state index in [4.69, 9.17) is 9.15 Å². The van der Waals surface area contributed by atoms with Crippen molar-refractivity contribution in [1.82, 2.24) is 0 Å². The first kappa shape index (κ1) is 25.8. The average molecular weight is 531 g/mol. The summed E-state index contributed by atoms with van der Waals surface area (Å²) in [6, 6.07) is 13.9. The number of unbranched alkanes of at least 4 members (excludes halogenated alkanes) is 3. The molecule has 0 aliphatic heterocycles. The van der Waals surface area contributed by atoms with Gasteiger partial charge >= 0.3 is 194 Å². The number of carbonyl (C=O) groups is 1. The quantitative estimate of drug-likeness (QED) is 0.182. The van der Waals surface area contributed by atoms with Crippen molar-refractivity contribution in [3.8, 4) is 0 Å². The fourth-order valence-corrected chi connectivity index (χ4v) is 19.7. The molecule has 31 heavy (non-hydrogen) atoms. The van der Waals surface area contributed by atoms with E-state index in [-0.39, 0.29) is 11.9 Å². The number of esters is 1. The molecule has 3 nitrogen and oxygen atoms in total. The van der Waals surface area contributed by atoms with Gasteiger partial charge in [0.15, 0.2) is 0 Å². The van der Waals surface area contributed by atoms with Gasteiger partial charge in [-0.15, -0.1) is 0 Å². The second-order valence-electron chi connectivity index (χ2n) is 8.66. The van der Waals surface area contributed by atoms with Gasteiger partial charge in [0, 0.05) is 0 Å². The summed E-state index contributed by atoms with van der Waals surface area (Å²) in [4.78, 5) is 12.6. The Morgan fingerprint density at radius 2 is 1.52 bits per heavy atom. The number of furan rings is 1. The molecule has 1 unspecified atom stereocenters. The van der Waals surface area contributed by atoms with E-state index in [1.54, 1.807) is 12.1 Å². The number of benzene rings is 1. The molecule has 0 N–H and O–H groups in total. The second-order valence-corrected chi connectivity index (χ2v) is 21.5. The zero-order valence-corrected chi connectivity index (χ0v) is 22.7. The van der Waals surface area contributed by atoms with Crippen LogP contribution in [0.15, 0.2) is 57.2 Å². The number of carbonyl (C=O) groups excluding carboxylic acids is 1.